The second-order valence-corrected chi connectivity index (χ2v) is 5.54. The van der Waals surface area contributed by atoms with Crippen molar-refractivity contribution in [2.75, 3.05) is 26.2 Å². The van der Waals surface area contributed by atoms with Gasteiger partial charge in [-0.2, -0.15) is 5.10 Å². The maximum atomic E-state index is 11.9. The first kappa shape index (κ1) is 16.9. The van der Waals surface area contributed by atoms with E-state index < -0.39 is 10.8 Å². The molecule has 4 N–H and O–H groups in total. The SMILES string of the molecule is NC(=O)C1CCCN(CCCNC(=O)c2[nH]ncc2[N+](=O)[O-])C1. The Bertz CT molecular complexity index is 587. The topological polar surface area (TPSA) is 147 Å². The number of hydrogen-bond donors (Lipinski definition) is 3. The fourth-order valence-corrected chi connectivity index (χ4v) is 2.67. The number of amides is 2. The molecule has 2 amide bonds. The van der Waals surface area contributed by atoms with E-state index in [9.17, 15) is 19.7 Å². The highest BCUT2D eigenvalue weighted by Crippen LogP contribution is 2.16. The lowest BCUT2D eigenvalue weighted by Crippen LogP contribution is -2.42. The first-order valence-electron chi connectivity index (χ1n) is 7.46. The molecule has 1 atom stereocenters. The van der Waals surface area contributed by atoms with Crippen LogP contribution in [0.4, 0.5) is 5.69 Å². The number of nitrogens with zero attached hydrogens (tertiary/aromatic N) is 3. The lowest BCUT2D eigenvalue weighted by atomic mass is 9.97. The smallest absolute Gasteiger partial charge is 0.319 e. The number of aromatic amines is 1. The number of primary amides is 1. The van der Waals surface area contributed by atoms with Crippen LogP contribution in [-0.4, -0.2) is 58.0 Å². The molecule has 0 aliphatic carbocycles. The van der Waals surface area contributed by atoms with Crippen molar-refractivity contribution in [3.05, 3.63) is 22.0 Å². The highest BCUT2D eigenvalue weighted by molar-refractivity contribution is 5.95. The van der Waals surface area contributed by atoms with Crippen LogP contribution >= 0.6 is 0 Å². The van der Waals surface area contributed by atoms with E-state index in [-0.39, 0.29) is 23.2 Å². The zero-order chi connectivity index (χ0) is 16.8. The number of aromatic nitrogens is 2. The van der Waals surface area contributed by atoms with Crippen LogP contribution in [0, 0.1) is 16.0 Å². The average molecular weight is 324 g/mol. The minimum Gasteiger partial charge on any atom is -0.369 e. The molecule has 1 unspecified atom stereocenters. The quantitative estimate of drug-likeness (QED) is 0.354. The maximum Gasteiger partial charge on any atom is 0.319 e. The number of hydrogen-bond acceptors (Lipinski definition) is 6. The van der Waals surface area contributed by atoms with Crippen molar-refractivity contribution in [2.45, 2.75) is 19.3 Å². The number of nitrogens with two attached hydrogens (primary N) is 1. The zero-order valence-electron chi connectivity index (χ0n) is 12.7. The van der Waals surface area contributed by atoms with Gasteiger partial charge in [-0.3, -0.25) is 24.8 Å². The molecule has 0 radical (unpaired) electrons. The van der Waals surface area contributed by atoms with Gasteiger partial charge in [-0.15, -0.1) is 0 Å². The summed E-state index contributed by atoms with van der Waals surface area (Å²) in [5.74, 6) is -0.927. The summed E-state index contributed by atoms with van der Waals surface area (Å²) in [7, 11) is 0. The zero-order valence-corrected chi connectivity index (χ0v) is 12.7. The molecule has 2 heterocycles. The Balaban J connectivity index is 1.73. The lowest BCUT2D eigenvalue weighted by molar-refractivity contribution is -0.385. The predicted octanol–water partition coefficient (Wildman–Crippen LogP) is -0.365. The second-order valence-electron chi connectivity index (χ2n) is 5.54. The first-order chi connectivity index (χ1) is 11.0. The normalized spacial score (nSPS) is 18.5. The van der Waals surface area contributed by atoms with Crippen molar-refractivity contribution in [3.63, 3.8) is 0 Å². The number of nitro groups is 1. The summed E-state index contributed by atoms with van der Waals surface area (Å²) in [6, 6.07) is 0. The van der Waals surface area contributed by atoms with Gasteiger partial charge in [0.25, 0.3) is 5.91 Å². The molecule has 10 nitrogen and oxygen atoms in total. The summed E-state index contributed by atoms with van der Waals surface area (Å²) >= 11 is 0. The number of rotatable bonds is 7. The van der Waals surface area contributed by atoms with Crippen LogP contribution in [0.3, 0.4) is 0 Å². The lowest BCUT2D eigenvalue weighted by Gasteiger charge is -2.31. The average Bonchev–Trinajstić information content (AvgIpc) is 3.01. The fourth-order valence-electron chi connectivity index (χ4n) is 2.67. The summed E-state index contributed by atoms with van der Waals surface area (Å²) in [4.78, 5) is 35.3. The van der Waals surface area contributed by atoms with Gasteiger partial charge in [0.15, 0.2) is 0 Å². The molecule has 1 aromatic heterocycles. The Kier molecular flexibility index (Phi) is 5.63. The highest BCUT2D eigenvalue weighted by Gasteiger charge is 2.24. The van der Waals surface area contributed by atoms with E-state index in [1.807, 2.05) is 0 Å². The molecule has 0 aromatic carbocycles. The number of piperidine rings is 1. The van der Waals surface area contributed by atoms with Crippen LogP contribution in [0.2, 0.25) is 0 Å². The molecular formula is C13H20N6O4. The Morgan fingerprint density at radius 2 is 2.35 bits per heavy atom. The number of H-pyrrole nitrogens is 1. The molecular weight excluding hydrogens is 304 g/mol. The number of carbonyl (C=O) groups is 2. The van der Waals surface area contributed by atoms with Crippen LogP contribution in [0.15, 0.2) is 6.20 Å². The van der Waals surface area contributed by atoms with Crippen LogP contribution < -0.4 is 11.1 Å². The van der Waals surface area contributed by atoms with Crippen LogP contribution in [0.1, 0.15) is 29.8 Å². The molecule has 1 saturated heterocycles. The highest BCUT2D eigenvalue weighted by atomic mass is 16.6. The molecule has 10 heteroatoms. The second kappa shape index (κ2) is 7.68. The van der Waals surface area contributed by atoms with Gasteiger partial charge >= 0.3 is 5.69 Å². The number of likely N-dealkylation sites (tertiary alicyclic amines) is 1. The third-order valence-electron chi connectivity index (χ3n) is 3.89. The summed E-state index contributed by atoms with van der Waals surface area (Å²) in [5.41, 5.74) is 4.83. The van der Waals surface area contributed by atoms with Crippen molar-refractivity contribution in [1.29, 1.82) is 0 Å². The monoisotopic (exact) mass is 324 g/mol. The van der Waals surface area contributed by atoms with E-state index in [2.05, 4.69) is 20.4 Å². The summed E-state index contributed by atoms with van der Waals surface area (Å²) < 4.78 is 0. The maximum absolute atomic E-state index is 11.9. The van der Waals surface area contributed by atoms with Crippen LogP contribution in [-0.2, 0) is 4.79 Å². The van der Waals surface area contributed by atoms with E-state index in [1.165, 1.54) is 0 Å². The van der Waals surface area contributed by atoms with Crippen molar-refractivity contribution >= 4 is 17.5 Å². The largest absolute Gasteiger partial charge is 0.369 e. The van der Waals surface area contributed by atoms with Crippen molar-refractivity contribution in [2.24, 2.45) is 11.7 Å². The van der Waals surface area contributed by atoms with Crippen LogP contribution in [0.25, 0.3) is 0 Å². The van der Waals surface area contributed by atoms with Gasteiger partial charge < -0.3 is 16.0 Å². The molecule has 0 bridgehead atoms. The summed E-state index contributed by atoms with van der Waals surface area (Å²) in [5, 5.41) is 19.2. The van der Waals surface area contributed by atoms with E-state index in [0.29, 0.717) is 19.5 Å². The third-order valence-corrected chi connectivity index (χ3v) is 3.89. The van der Waals surface area contributed by atoms with E-state index >= 15 is 0 Å². The first-order valence-corrected chi connectivity index (χ1v) is 7.46. The van der Waals surface area contributed by atoms with E-state index in [1.54, 1.807) is 0 Å². The minimum atomic E-state index is -0.657. The van der Waals surface area contributed by atoms with Crippen molar-refractivity contribution < 1.29 is 14.5 Å². The van der Waals surface area contributed by atoms with Crippen molar-refractivity contribution in [1.82, 2.24) is 20.4 Å². The molecule has 1 aliphatic heterocycles. The molecule has 0 saturated carbocycles. The molecule has 0 spiro atoms. The molecule has 1 fully saturated rings. The van der Waals surface area contributed by atoms with Gasteiger partial charge in [-0.1, -0.05) is 0 Å². The standard InChI is InChI=1S/C13H20N6O4/c14-12(20)9-3-1-5-18(8-9)6-2-4-15-13(21)11-10(19(22)23)7-16-17-11/h7,9H,1-6,8H2,(H2,14,20)(H,15,21)(H,16,17). The Labute approximate surface area is 132 Å². The summed E-state index contributed by atoms with van der Waals surface area (Å²) in [6.07, 6.45) is 3.44. The predicted molar refractivity (Wildman–Crippen MR) is 80.6 cm³/mol. The van der Waals surface area contributed by atoms with Gasteiger partial charge in [0, 0.05) is 13.1 Å². The Morgan fingerprint density at radius 1 is 1.57 bits per heavy atom. The molecule has 1 aromatic rings. The van der Waals surface area contributed by atoms with E-state index in [4.69, 9.17) is 5.73 Å². The van der Waals surface area contributed by atoms with Gasteiger partial charge in [0.05, 0.1) is 10.8 Å². The minimum absolute atomic E-state index is 0.106. The molecule has 126 valence electrons. The van der Waals surface area contributed by atoms with Gasteiger partial charge in [0.2, 0.25) is 11.6 Å². The van der Waals surface area contributed by atoms with Gasteiger partial charge in [0.1, 0.15) is 6.20 Å². The van der Waals surface area contributed by atoms with Gasteiger partial charge in [-0.05, 0) is 32.4 Å². The molecule has 2 rings (SSSR count). The Morgan fingerprint density at radius 3 is 3.04 bits per heavy atom. The molecule has 1 aliphatic rings. The molecule has 23 heavy (non-hydrogen) atoms. The van der Waals surface area contributed by atoms with Gasteiger partial charge in [-0.25, -0.2) is 0 Å². The number of nitrogens with one attached hydrogen (secondary N) is 2. The summed E-state index contributed by atoms with van der Waals surface area (Å²) in [6.45, 7) is 2.67. The fraction of sp³-hybridized carbons (Fsp3) is 0.615. The van der Waals surface area contributed by atoms with E-state index in [0.717, 1.165) is 32.1 Å². The third kappa shape index (κ3) is 4.49. The number of carbonyl (C=O) groups excluding carboxylic acids is 2. The Hall–Kier alpha value is -2.49. The van der Waals surface area contributed by atoms with Crippen molar-refractivity contribution in [3.8, 4) is 0 Å². The van der Waals surface area contributed by atoms with Crippen LogP contribution in [0.5, 0.6) is 0 Å².